The summed E-state index contributed by atoms with van der Waals surface area (Å²) in [6.45, 7) is 2.84. The third kappa shape index (κ3) is 2.20. The molecule has 0 bridgehead atoms. The van der Waals surface area contributed by atoms with Crippen molar-refractivity contribution in [1.82, 2.24) is 14.3 Å². The number of pyridine rings is 1. The first-order chi connectivity index (χ1) is 9.15. The Bertz CT molecular complexity index is 622. The van der Waals surface area contributed by atoms with E-state index in [1.807, 2.05) is 4.90 Å². The zero-order chi connectivity index (χ0) is 13.4. The highest BCUT2D eigenvalue weighted by Crippen LogP contribution is 2.19. The Morgan fingerprint density at radius 1 is 1.37 bits per heavy atom. The van der Waals surface area contributed by atoms with E-state index in [1.165, 1.54) is 18.7 Å². The van der Waals surface area contributed by atoms with Gasteiger partial charge in [0.15, 0.2) is 0 Å². The lowest BCUT2D eigenvalue weighted by Crippen LogP contribution is -2.42. The van der Waals surface area contributed by atoms with E-state index in [0.717, 1.165) is 19.4 Å². The Morgan fingerprint density at radius 2 is 2.21 bits per heavy atom. The predicted octanol–water partition coefficient (Wildman–Crippen LogP) is 2.49. The van der Waals surface area contributed by atoms with E-state index in [1.54, 1.807) is 16.7 Å². The molecule has 1 aliphatic heterocycles. The van der Waals surface area contributed by atoms with Crippen molar-refractivity contribution in [2.75, 3.05) is 6.54 Å². The summed E-state index contributed by atoms with van der Waals surface area (Å²) >= 11 is 0. The fourth-order valence-electron chi connectivity index (χ4n) is 2.61. The largest absolute Gasteiger partial charge is 0.335 e. The molecule has 100 valence electrons. The summed E-state index contributed by atoms with van der Waals surface area (Å²) in [5.74, 6) is -0.397. The van der Waals surface area contributed by atoms with Crippen LogP contribution in [0.3, 0.4) is 0 Å². The quantitative estimate of drug-likeness (QED) is 0.791. The van der Waals surface area contributed by atoms with Crippen LogP contribution in [0.15, 0.2) is 24.5 Å². The number of carbonyl (C=O) groups excluding carboxylic acids is 1. The monoisotopic (exact) mass is 261 g/mol. The van der Waals surface area contributed by atoms with Gasteiger partial charge in [-0.3, -0.25) is 4.79 Å². The predicted molar refractivity (Wildman–Crippen MR) is 69.5 cm³/mol. The number of fused-ring (bicyclic) bond motifs is 1. The van der Waals surface area contributed by atoms with Gasteiger partial charge in [-0.2, -0.15) is 0 Å². The Balaban J connectivity index is 1.92. The van der Waals surface area contributed by atoms with Gasteiger partial charge in [0, 0.05) is 25.0 Å². The molecule has 3 heterocycles. The van der Waals surface area contributed by atoms with Crippen molar-refractivity contribution in [2.45, 2.75) is 32.2 Å². The zero-order valence-electron chi connectivity index (χ0n) is 10.8. The minimum Gasteiger partial charge on any atom is -0.335 e. The molecule has 0 spiro atoms. The second-order valence-corrected chi connectivity index (χ2v) is 5.08. The molecular weight excluding hydrogens is 245 g/mol. The first kappa shape index (κ1) is 12.1. The number of imidazole rings is 1. The van der Waals surface area contributed by atoms with Crippen LogP contribution in [-0.4, -0.2) is 32.8 Å². The maximum absolute atomic E-state index is 13.1. The van der Waals surface area contributed by atoms with Crippen molar-refractivity contribution in [3.63, 3.8) is 0 Å². The van der Waals surface area contributed by atoms with Gasteiger partial charge in [-0.25, -0.2) is 9.37 Å². The van der Waals surface area contributed by atoms with Crippen molar-refractivity contribution < 1.29 is 9.18 Å². The van der Waals surface area contributed by atoms with Gasteiger partial charge in [0.1, 0.15) is 17.2 Å². The average Bonchev–Trinajstić information content (AvgIpc) is 2.81. The number of amides is 1. The maximum Gasteiger partial charge on any atom is 0.274 e. The van der Waals surface area contributed by atoms with Gasteiger partial charge in [0.2, 0.25) is 0 Å². The van der Waals surface area contributed by atoms with E-state index in [-0.39, 0.29) is 17.8 Å². The second-order valence-electron chi connectivity index (χ2n) is 5.08. The van der Waals surface area contributed by atoms with Gasteiger partial charge in [0.05, 0.1) is 0 Å². The summed E-state index contributed by atoms with van der Waals surface area (Å²) in [5.41, 5.74) is 0.980. The summed E-state index contributed by atoms with van der Waals surface area (Å²) in [6, 6.07) is 3.18. The van der Waals surface area contributed by atoms with E-state index in [9.17, 15) is 9.18 Å². The Labute approximate surface area is 110 Å². The number of hydrogen-bond acceptors (Lipinski definition) is 2. The molecule has 1 aliphatic rings. The number of likely N-dealkylation sites (tertiary alicyclic amines) is 1. The molecule has 4 nitrogen and oxygen atoms in total. The SMILES string of the molecule is CC1CCCCN1C(=O)c1cn2cc(F)ccc2n1. The fourth-order valence-corrected chi connectivity index (χ4v) is 2.61. The molecule has 1 saturated heterocycles. The standard InChI is InChI=1S/C14H16FN3O/c1-10-4-2-3-7-18(10)14(19)12-9-17-8-11(15)5-6-13(17)16-12/h5-6,8-10H,2-4,7H2,1H3. The lowest BCUT2D eigenvalue weighted by Gasteiger charge is -2.32. The van der Waals surface area contributed by atoms with Crippen LogP contribution in [-0.2, 0) is 0 Å². The molecule has 0 saturated carbocycles. The third-order valence-corrected chi connectivity index (χ3v) is 3.70. The lowest BCUT2D eigenvalue weighted by atomic mass is 10.0. The van der Waals surface area contributed by atoms with E-state index >= 15 is 0 Å². The van der Waals surface area contributed by atoms with Crippen LogP contribution in [0, 0.1) is 5.82 Å². The van der Waals surface area contributed by atoms with Crippen LogP contribution < -0.4 is 0 Å². The Hall–Kier alpha value is -1.91. The molecule has 1 unspecified atom stereocenters. The molecule has 0 aliphatic carbocycles. The fraction of sp³-hybridized carbons (Fsp3) is 0.429. The van der Waals surface area contributed by atoms with Crippen molar-refractivity contribution >= 4 is 11.6 Å². The summed E-state index contributed by atoms with van der Waals surface area (Å²) in [6.07, 6.45) is 6.17. The van der Waals surface area contributed by atoms with Gasteiger partial charge in [-0.15, -0.1) is 0 Å². The third-order valence-electron chi connectivity index (χ3n) is 3.70. The molecule has 0 N–H and O–H groups in total. The molecule has 5 heteroatoms. The van der Waals surface area contributed by atoms with Gasteiger partial charge in [-0.1, -0.05) is 0 Å². The summed E-state index contributed by atoms with van der Waals surface area (Å²) in [5, 5.41) is 0. The number of hydrogen-bond donors (Lipinski definition) is 0. The van der Waals surface area contributed by atoms with Crippen LogP contribution in [0.4, 0.5) is 4.39 Å². The summed E-state index contributed by atoms with van der Waals surface area (Å²) in [7, 11) is 0. The number of halogens is 1. The lowest BCUT2D eigenvalue weighted by molar-refractivity contribution is 0.0630. The highest BCUT2D eigenvalue weighted by molar-refractivity contribution is 5.93. The molecule has 0 aromatic carbocycles. The van der Waals surface area contributed by atoms with Crippen molar-refractivity contribution in [1.29, 1.82) is 0 Å². The van der Waals surface area contributed by atoms with Crippen molar-refractivity contribution in [3.05, 3.63) is 36.0 Å². The first-order valence-electron chi connectivity index (χ1n) is 6.60. The van der Waals surface area contributed by atoms with Crippen LogP contribution in [0.1, 0.15) is 36.7 Å². The molecule has 1 atom stereocenters. The van der Waals surface area contributed by atoms with Crippen molar-refractivity contribution in [3.8, 4) is 0 Å². The van der Waals surface area contributed by atoms with E-state index in [0.29, 0.717) is 11.3 Å². The molecule has 1 amide bonds. The number of carbonyl (C=O) groups is 1. The normalized spacial score (nSPS) is 19.9. The van der Waals surface area contributed by atoms with E-state index in [2.05, 4.69) is 11.9 Å². The van der Waals surface area contributed by atoms with Gasteiger partial charge in [0.25, 0.3) is 5.91 Å². The first-order valence-corrected chi connectivity index (χ1v) is 6.60. The van der Waals surface area contributed by atoms with E-state index in [4.69, 9.17) is 0 Å². The Kier molecular flexibility index (Phi) is 2.97. The van der Waals surface area contributed by atoms with Crippen LogP contribution in [0.25, 0.3) is 5.65 Å². The summed E-state index contributed by atoms with van der Waals surface area (Å²) < 4.78 is 14.7. The maximum atomic E-state index is 13.1. The number of nitrogens with zero attached hydrogens (tertiary/aromatic N) is 3. The minimum atomic E-state index is -0.338. The molecular formula is C14H16FN3O. The highest BCUT2D eigenvalue weighted by Gasteiger charge is 2.25. The van der Waals surface area contributed by atoms with Gasteiger partial charge >= 0.3 is 0 Å². The highest BCUT2D eigenvalue weighted by atomic mass is 19.1. The van der Waals surface area contributed by atoms with Crippen LogP contribution in [0.5, 0.6) is 0 Å². The molecule has 2 aromatic rings. The summed E-state index contributed by atoms with van der Waals surface area (Å²) in [4.78, 5) is 18.6. The molecule has 0 radical (unpaired) electrons. The zero-order valence-corrected chi connectivity index (χ0v) is 10.8. The topological polar surface area (TPSA) is 37.6 Å². The molecule has 19 heavy (non-hydrogen) atoms. The number of aromatic nitrogens is 2. The number of piperidine rings is 1. The van der Waals surface area contributed by atoms with Gasteiger partial charge < -0.3 is 9.30 Å². The van der Waals surface area contributed by atoms with Crippen molar-refractivity contribution in [2.24, 2.45) is 0 Å². The van der Waals surface area contributed by atoms with Crippen LogP contribution in [0.2, 0.25) is 0 Å². The molecule has 2 aromatic heterocycles. The molecule has 3 rings (SSSR count). The smallest absolute Gasteiger partial charge is 0.274 e. The van der Waals surface area contributed by atoms with Crippen LogP contribution >= 0.6 is 0 Å². The second kappa shape index (κ2) is 4.64. The average molecular weight is 261 g/mol. The van der Waals surface area contributed by atoms with E-state index < -0.39 is 0 Å². The molecule has 1 fully saturated rings. The van der Waals surface area contributed by atoms with Gasteiger partial charge in [-0.05, 0) is 38.3 Å². The minimum absolute atomic E-state index is 0.0590. The Morgan fingerprint density at radius 3 is 3.00 bits per heavy atom. The number of rotatable bonds is 1.